The fraction of sp³-hybridized carbons (Fsp3) is 0.412. The molecule has 26 heavy (non-hydrogen) atoms. The number of amides is 1. The van der Waals surface area contributed by atoms with E-state index in [9.17, 15) is 14.0 Å². The van der Waals surface area contributed by atoms with Crippen LogP contribution in [-0.4, -0.2) is 40.5 Å². The van der Waals surface area contributed by atoms with Crippen molar-refractivity contribution in [3.63, 3.8) is 0 Å². The zero-order valence-corrected chi connectivity index (χ0v) is 15.0. The largest absolute Gasteiger partial charge is 0.356 e. The van der Waals surface area contributed by atoms with E-state index in [0.29, 0.717) is 43.9 Å². The zero-order valence-electron chi connectivity index (χ0n) is 14.3. The first kappa shape index (κ1) is 18.3. The Labute approximate surface area is 154 Å². The number of nitrogens with one attached hydrogen (secondary N) is 2. The standard InChI is InChI=1S/C17H19ClFN5O2/c1-2-20-16(25)10-4-7-24(8-5-10)15-13(18)17(26)23-14(22-15)11-3-6-21-12(19)9-11/h3,6,9-10H,2,4-5,7-8H2,1H3,(H,20,25)(H,22,23,26). The summed E-state index contributed by atoms with van der Waals surface area (Å²) in [4.78, 5) is 36.5. The molecule has 1 aliphatic rings. The van der Waals surface area contributed by atoms with E-state index in [1.54, 1.807) is 6.07 Å². The summed E-state index contributed by atoms with van der Waals surface area (Å²) in [7, 11) is 0. The third kappa shape index (κ3) is 3.85. The molecule has 0 radical (unpaired) electrons. The fourth-order valence-electron chi connectivity index (χ4n) is 3.01. The van der Waals surface area contributed by atoms with Crippen molar-refractivity contribution in [2.45, 2.75) is 19.8 Å². The highest BCUT2D eigenvalue weighted by Gasteiger charge is 2.27. The number of hydrogen-bond donors (Lipinski definition) is 2. The van der Waals surface area contributed by atoms with Crippen molar-refractivity contribution in [2.75, 3.05) is 24.5 Å². The van der Waals surface area contributed by atoms with Crippen LogP contribution >= 0.6 is 11.6 Å². The van der Waals surface area contributed by atoms with Gasteiger partial charge in [-0.2, -0.15) is 4.39 Å². The summed E-state index contributed by atoms with van der Waals surface area (Å²) >= 11 is 6.15. The molecular weight excluding hydrogens is 361 g/mol. The predicted molar refractivity (Wildman–Crippen MR) is 96.7 cm³/mol. The van der Waals surface area contributed by atoms with Gasteiger partial charge in [-0.05, 0) is 25.8 Å². The van der Waals surface area contributed by atoms with Gasteiger partial charge in [-0.15, -0.1) is 0 Å². The van der Waals surface area contributed by atoms with Crippen molar-refractivity contribution in [1.29, 1.82) is 0 Å². The van der Waals surface area contributed by atoms with Gasteiger partial charge in [0.15, 0.2) is 5.82 Å². The number of carbonyl (C=O) groups is 1. The number of aromatic nitrogens is 3. The molecule has 0 atom stereocenters. The number of rotatable bonds is 4. The van der Waals surface area contributed by atoms with Crippen molar-refractivity contribution >= 4 is 23.3 Å². The summed E-state index contributed by atoms with van der Waals surface area (Å²) in [6.07, 6.45) is 2.60. The first-order valence-corrected chi connectivity index (χ1v) is 8.81. The highest BCUT2D eigenvalue weighted by Crippen LogP contribution is 2.27. The molecule has 1 amide bonds. The van der Waals surface area contributed by atoms with Gasteiger partial charge < -0.3 is 15.2 Å². The Kier molecular flexibility index (Phi) is 5.51. The summed E-state index contributed by atoms with van der Waals surface area (Å²) in [6, 6.07) is 2.75. The molecule has 0 aromatic carbocycles. The molecule has 2 N–H and O–H groups in total. The number of carbonyl (C=O) groups excluding carboxylic acids is 1. The Balaban J connectivity index is 1.85. The van der Waals surface area contributed by atoms with E-state index in [1.165, 1.54) is 12.3 Å². The number of anilines is 1. The van der Waals surface area contributed by atoms with E-state index in [4.69, 9.17) is 11.6 Å². The minimum atomic E-state index is -0.663. The molecule has 0 saturated carbocycles. The lowest BCUT2D eigenvalue weighted by Gasteiger charge is -2.32. The molecule has 9 heteroatoms. The lowest BCUT2D eigenvalue weighted by molar-refractivity contribution is -0.125. The number of pyridine rings is 1. The maximum Gasteiger partial charge on any atom is 0.272 e. The van der Waals surface area contributed by atoms with E-state index in [-0.39, 0.29) is 22.7 Å². The Hall–Kier alpha value is -2.48. The van der Waals surface area contributed by atoms with Crippen LogP contribution in [0.5, 0.6) is 0 Å². The van der Waals surface area contributed by atoms with Crippen molar-refractivity contribution in [1.82, 2.24) is 20.3 Å². The molecular formula is C17H19ClFN5O2. The van der Waals surface area contributed by atoms with Crippen LogP contribution in [0.25, 0.3) is 11.4 Å². The van der Waals surface area contributed by atoms with Crippen molar-refractivity contribution in [3.05, 3.63) is 39.7 Å². The average molecular weight is 380 g/mol. The van der Waals surface area contributed by atoms with Gasteiger partial charge in [0.1, 0.15) is 10.8 Å². The molecule has 3 rings (SSSR count). The topological polar surface area (TPSA) is 91.0 Å². The summed E-state index contributed by atoms with van der Waals surface area (Å²) < 4.78 is 13.4. The lowest BCUT2D eigenvalue weighted by Crippen LogP contribution is -2.41. The molecule has 1 fully saturated rings. The van der Waals surface area contributed by atoms with Crippen LogP contribution < -0.4 is 15.8 Å². The molecule has 0 bridgehead atoms. The molecule has 2 aromatic heterocycles. The van der Waals surface area contributed by atoms with Gasteiger partial charge in [0.25, 0.3) is 5.56 Å². The van der Waals surface area contributed by atoms with E-state index in [0.717, 1.165) is 0 Å². The zero-order chi connectivity index (χ0) is 18.7. The maximum atomic E-state index is 13.4. The number of piperidine rings is 1. The van der Waals surface area contributed by atoms with Crippen LogP contribution in [0.3, 0.4) is 0 Å². The smallest absolute Gasteiger partial charge is 0.272 e. The first-order chi connectivity index (χ1) is 12.5. The van der Waals surface area contributed by atoms with Crippen molar-refractivity contribution < 1.29 is 9.18 Å². The fourth-order valence-corrected chi connectivity index (χ4v) is 3.22. The number of H-pyrrole nitrogens is 1. The quantitative estimate of drug-likeness (QED) is 0.792. The van der Waals surface area contributed by atoms with E-state index in [1.807, 2.05) is 11.8 Å². The van der Waals surface area contributed by atoms with Gasteiger partial charge in [-0.1, -0.05) is 11.6 Å². The van der Waals surface area contributed by atoms with Crippen LogP contribution in [0, 0.1) is 11.9 Å². The van der Waals surface area contributed by atoms with Crippen LogP contribution in [0.1, 0.15) is 19.8 Å². The van der Waals surface area contributed by atoms with Crippen LogP contribution in [0.2, 0.25) is 5.02 Å². The highest BCUT2D eigenvalue weighted by atomic mass is 35.5. The highest BCUT2D eigenvalue weighted by molar-refractivity contribution is 6.32. The van der Waals surface area contributed by atoms with Gasteiger partial charge in [0.2, 0.25) is 11.9 Å². The van der Waals surface area contributed by atoms with Gasteiger partial charge in [0.05, 0.1) is 0 Å². The van der Waals surface area contributed by atoms with Crippen molar-refractivity contribution in [3.8, 4) is 11.4 Å². The summed E-state index contributed by atoms with van der Waals surface area (Å²) in [5, 5.41) is 2.82. The molecule has 0 aliphatic carbocycles. The molecule has 0 unspecified atom stereocenters. The first-order valence-electron chi connectivity index (χ1n) is 8.44. The monoisotopic (exact) mass is 379 g/mol. The predicted octanol–water partition coefficient (Wildman–Crippen LogP) is 1.98. The molecule has 7 nitrogen and oxygen atoms in total. The Bertz CT molecular complexity index is 864. The lowest BCUT2D eigenvalue weighted by atomic mass is 9.96. The number of hydrogen-bond acceptors (Lipinski definition) is 5. The van der Waals surface area contributed by atoms with Gasteiger partial charge in [-0.3, -0.25) is 9.59 Å². The molecule has 0 spiro atoms. The normalized spacial score (nSPS) is 15.1. The van der Waals surface area contributed by atoms with E-state index < -0.39 is 11.5 Å². The van der Waals surface area contributed by atoms with E-state index in [2.05, 4.69) is 20.3 Å². The molecule has 2 aromatic rings. The Morgan fingerprint density at radius 3 is 2.85 bits per heavy atom. The minimum Gasteiger partial charge on any atom is -0.356 e. The second kappa shape index (κ2) is 7.82. The second-order valence-corrected chi connectivity index (χ2v) is 6.45. The third-order valence-electron chi connectivity index (χ3n) is 4.36. The molecule has 3 heterocycles. The number of aromatic amines is 1. The maximum absolute atomic E-state index is 13.4. The third-order valence-corrected chi connectivity index (χ3v) is 4.70. The van der Waals surface area contributed by atoms with Gasteiger partial charge >= 0.3 is 0 Å². The van der Waals surface area contributed by atoms with Gasteiger partial charge in [-0.25, -0.2) is 9.97 Å². The van der Waals surface area contributed by atoms with Crippen LogP contribution in [-0.2, 0) is 4.79 Å². The van der Waals surface area contributed by atoms with Gasteiger partial charge in [0, 0.05) is 43.4 Å². The Morgan fingerprint density at radius 2 is 2.19 bits per heavy atom. The minimum absolute atomic E-state index is 0.0141. The average Bonchev–Trinajstić information content (AvgIpc) is 2.64. The summed E-state index contributed by atoms with van der Waals surface area (Å²) in [6.45, 7) is 3.60. The molecule has 138 valence electrons. The number of nitrogens with zero attached hydrogens (tertiary/aromatic N) is 3. The summed E-state index contributed by atoms with van der Waals surface area (Å²) in [5.41, 5.74) is -0.0838. The van der Waals surface area contributed by atoms with Crippen LogP contribution in [0.15, 0.2) is 23.1 Å². The summed E-state index contributed by atoms with van der Waals surface area (Å²) in [5.74, 6) is -0.103. The number of halogens is 2. The van der Waals surface area contributed by atoms with Crippen molar-refractivity contribution in [2.24, 2.45) is 5.92 Å². The molecule has 1 saturated heterocycles. The SMILES string of the molecule is CCNC(=O)C1CCN(c2nc(-c3ccnc(F)c3)[nH]c(=O)c2Cl)CC1. The van der Waals surface area contributed by atoms with Crippen LogP contribution in [0.4, 0.5) is 10.2 Å². The van der Waals surface area contributed by atoms with E-state index >= 15 is 0 Å². The second-order valence-electron chi connectivity index (χ2n) is 6.08. The Morgan fingerprint density at radius 1 is 1.46 bits per heavy atom. The molecule has 1 aliphatic heterocycles.